The summed E-state index contributed by atoms with van der Waals surface area (Å²) in [5.41, 5.74) is 0.687. The number of methoxy groups -OCH3 is 1. The number of nitrogens with one attached hydrogen (secondary N) is 2. The van der Waals surface area contributed by atoms with Gasteiger partial charge in [0, 0.05) is 19.1 Å². The number of ketones is 1. The standard InChI is InChI=1S/C16H22N2O5S/c1-10(2)23-16(21)13(5-4-12(19)8-17)18-15(20)14(22-3)11-6-7-24-9-11/h6-10,13-14,17H,4-5H2,1-3H3,(H,18,20)/t13-,14-/m0/s1. The van der Waals surface area contributed by atoms with E-state index in [0.29, 0.717) is 11.8 Å². The van der Waals surface area contributed by atoms with Crippen LogP contribution in [-0.4, -0.2) is 43.1 Å². The largest absolute Gasteiger partial charge is 0.461 e. The molecule has 0 unspecified atom stereocenters. The molecule has 1 aromatic heterocycles. The van der Waals surface area contributed by atoms with Crippen molar-refractivity contribution in [3.8, 4) is 0 Å². The zero-order valence-corrected chi connectivity index (χ0v) is 14.7. The maximum absolute atomic E-state index is 12.4. The first-order valence-corrected chi connectivity index (χ1v) is 8.42. The van der Waals surface area contributed by atoms with Crippen LogP contribution in [-0.2, 0) is 23.9 Å². The first-order valence-electron chi connectivity index (χ1n) is 7.48. The minimum absolute atomic E-state index is 0.0300. The second kappa shape index (κ2) is 9.94. The summed E-state index contributed by atoms with van der Waals surface area (Å²) in [6.45, 7) is 3.39. The molecule has 1 heterocycles. The maximum atomic E-state index is 12.4. The average molecular weight is 354 g/mol. The van der Waals surface area contributed by atoms with E-state index in [1.807, 2.05) is 5.38 Å². The molecular weight excluding hydrogens is 332 g/mol. The van der Waals surface area contributed by atoms with E-state index < -0.39 is 29.8 Å². The highest BCUT2D eigenvalue weighted by molar-refractivity contribution is 7.08. The predicted octanol–water partition coefficient (Wildman–Crippen LogP) is 1.87. The zero-order chi connectivity index (χ0) is 18.1. The van der Waals surface area contributed by atoms with E-state index in [9.17, 15) is 14.4 Å². The highest BCUT2D eigenvalue weighted by atomic mass is 32.1. The second-order valence-corrected chi connectivity index (χ2v) is 6.15. The molecule has 8 heteroatoms. The minimum atomic E-state index is -0.972. The molecule has 2 N–H and O–H groups in total. The molecule has 0 radical (unpaired) electrons. The van der Waals surface area contributed by atoms with Gasteiger partial charge in [-0.15, -0.1) is 0 Å². The van der Waals surface area contributed by atoms with E-state index in [1.165, 1.54) is 18.4 Å². The molecular formula is C16H22N2O5S. The van der Waals surface area contributed by atoms with Crippen LogP contribution in [0.4, 0.5) is 0 Å². The Balaban J connectivity index is 2.81. The molecule has 1 aromatic rings. The van der Waals surface area contributed by atoms with Gasteiger partial charge in [0.05, 0.1) is 12.3 Å². The number of esters is 1. The molecule has 1 rings (SSSR count). The molecule has 0 aliphatic rings. The van der Waals surface area contributed by atoms with Crippen molar-refractivity contribution in [3.05, 3.63) is 22.4 Å². The molecule has 0 saturated heterocycles. The fourth-order valence-electron chi connectivity index (χ4n) is 1.99. The summed E-state index contributed by atoms with van der Waals surface area (Å²) in [7, 11) is 1.40. The highest BCUT2D eigenvalue weighted by Gasteiger charge is 2.28. The lowest BCUT2D eigenvalue weighted by Gasteiger charge is -2.21. The van der Waals surface area contributed by atoms with Crippen LogP contribution in [0.25, 0.3) is 0 Å². The van der Waals surface area contributed by atoms with Crippen LogP contribution in [0.5, 0.6) is 0 Å². The molecule has 132 valence electrons. The van der Waals surface area contributed by atoms with Crippen LogP contribution >= 0.6 is 11.3 Å². The van der Waals surface area contributed by atoms with Gasteiger partial charge in [-0.1, -0.05) is 0 Å². The Kier molecular flexibility index (Phi) is 8.28. The minimum Gasteiger partial charge on any atom is -0.461 e. The molecule has 2 atom stereocenters. The van der Waals surface area contributed by atoms with Gasteiger partial charge >= 0.3 is 5.97 Å². The summed E-state index contributed by atoms with van der Waals surface area (Å²) in [6.07, 6.45) is -0.464. The zero-order valence-electron chi connectivity index (χ0n) is 13.9. The molecule has 1 amide bonds. The van der Waals surface area contributed by atoms with Crippen LogP contribution in [0.2, 0.25) is 0 Å². The summed E-state index contributed by atoms with van der Waals surface area (Å²) in [5.74, 6) is -1.52. The second-order valence-electron chi connectivity index (χ2n) is 5.37. The first kappa shape index (κ1) is 20.0. The van der Waals surface area contributed by atoms with Crippen molar-refractivity contribution in [2.24, 2.45) is 0 Å². The Morgan fingerprint density at radius 1 is 1.38 bits per heavy atom. The molecule has 0 aliphatic heterocycles. The van der Waals surface area contributed by atoms with Crippen molar-refractivity contribution in [1.82, 2.24) is 5.32 Å². The summed E-state index contributed by atoms with van der Waals surface area (Å²) in [5, 5.41) is 13.1. The number of carbonyl (C=O) groups excluding carboxylic acids is 3. The van der Waals surface area contributed by atoms with Gasteiger partial charge in [-0.25, -0.2) is 4.79 Å². The fourth-order valence-corrected chi connectivity index (χ4v) is 2.66. The van der Waals surface area contributed by atoms with E-state index in [-0.39, 0.29) is 18.9 Å². The lowest BCUT2D eigenvalue weighted by molar-refractivity contribution is -0.152. The topological polar surface area (TPSA) is 106 Å². The monoisotopic (exact) mass is 354 g/mol. The Hall–Kier alpha value is -2.06. The van der Waals surface area contributed by atoms with Crippen LogP contribution in [0, 0.1) is 5.41 Å². The van der Waals surface area contributed by atoms with Gasteiger partial charge < -0.3 is 20.2 Å². The van der Waals surface area contributed by atoms with Crippen molar-refractivity contribution < 1.29 is 23.9 Å². The van der Waals surface area contributed by atoms with E-state index in [2.05, 4.69) is 5.32 Å². The number of Topliss-reactive ketones (excluding diaryl/α,β-unsaturated/α-hetero) is 1. The molecule has 24 heavy (non-hydrogen) atoms. The van der Waals surface area contributed by atoms with Crippen LogP contribution in [0.3, 0.4) is 0 Å². The van der Waals surface area contributed by atoms with Crippen molar-refractivity contribution >= 4 is 35.2 Å². The normalized spacial score (nSPS) is 13.2. The Bertz CT molecular complexity index is 571. The van der Waals surface area contributed by atoms with Gasteiger partial charge in [-0.05, 0) is 37.1 Å². The number of thiophene rings is 1. The fraction of sp³-hybridized carbons (Fsp3) is 0.500. The van der Waals surface area contributed by atoms with Gasteiger partial charge in [-0.3, -0.25) is 9.59 Å². The summed E-state index contributed by atoms with van der Waals surface area (Å²) >= 11 is 1.43. The number of hydrogen-bond acceptors (Lipinski definition) is 7. The van der Waals surface area contributed by atoms with Gasteiger partial charge in [-0.2, -0.15) is 11.3 Å². The van der Waals surface area contributed by atoms with Crippen LogP contribution in [0.1, 0.15) is 38.4 Å². The van der Waals surface area contributed by atoms with E-state index >= 15 is 0 Å². The molecule has 0 bridgehead atoms. The number of amides is 1. The Labute approximate surface area is 144 Å². The summed E-state index contributed by atoms with van der Waals surface area (Å²) in [4.78, 5) is 35.9. The molecule has 0 spiro atoms. The highest BCUT2D eigenvalue weighted by Crippen LogP contribution is 2.20. The molecule has 7 nitrogen and oxygen atoms in total. The Morgan fingerprint density at radius 2 is 2.08 bits per heavy atom. The van der Waals surface area contributed by atoms with Gasteiger partial charge in [0.25, 0.3) is 5.91 Å². The van der Waals surface area contributed by atoms with E-state index in [1.54, 1.807) is 25.3 Å². The van der Waals surface area contributed by atoms with Crippen molar-refractivity contribution in [1.29, 1.82) is 5.41 Å². The lowest BCUT2D eigenvalue weighted by Crippen LogP contribution is -2.45. The lowest BCUT2D eigenvalue weighted by atomic mass is 10.1. The van der Waals surface area contributed by atoms with Gasteiger partial charge in [0.2, 0.25) is 0 Å². The molecule has 0 saturated carbocycles. The summed E-state index contributed by atoms with van der Waals surface area (Å²) in [6, 6.07) is 0.790. The van der Waals surface area contributed by atoms with Crippen molar-refractivity contribution in [2.45, 2.75) is 44.9 Å². The predicted molar refractivity (Wildman–Crippen MR) is 90.3 cm³/mol. The van der Waals surface area contributed by atoms with Gasteiger partial charge in [0.15, 0.2) is 11.9 Å². The Morgan fingerprint density at radius 3 is 2.58 bits per heavy atom. The average Bonchev–Trinajstić information content (AvgIpc) is 3.05. The quantitative estimate of drug-likeness (QED) is 0.493. The van der Waals surface area contributed by atoms with E-state index in [0.717, 1.165) is 0 Å². The van der Waals surface area contributed by atoms with Crippen LogP contribution in [0.15, 0.2) is 16.8 Å². The summed E-state index contributed by atoms with van der Waals surface area (Å²) < 4.78 is 10.3. The third-order valence-electron chi connectivity index (χ3n) is 3.11. The third kappa shape index (κ3) is 6.21. The molecule has 0 aromatic carbocycles. The smallest absolute Gasteiger partial charge is 0.328 e. The number of carbonyl (C=O) groups is 3. The number of ether oxygens (including phenoxy) is 2. The van der Waals surface area contributed by atoms with Crippen molar-refractivity contribution in [3.63, 3.8) is 0 Å². The van der Waals surface area contributed by atoms with Crippen molar-refractivity contribution in [2.75, 3.05) is 7.11 Å². The van der Waals surface area contributed by atoms with Gasteiger partial charge in [0.1, 0.15) is 6.04 Å². The van der Waals surface area contributed by atoms with E-state index in [4.69, 9.17) is 14.9 Å². The maximum Gasteiger partial charge on any atom is 0.328 e. The third-order valence-corrected chi connectivity index (χ3v) is 3.81. The SMILES string of the molecule is CO[C@H](C(=O)N[C@@H](CCC(=O)C=N)C(=O)OC(C)C)c1ccsc1. The van der Waals surface area contributed by atoms with Crippen LogP contribution < -0.4 is 5.32 Å². The number of hydrogen-bond donors (Lipinski definition) is 2. The molecule has 0 fully saturated rings. The number of rotatable bonds is 10. The molecule has 0 aliphatic carbocycles. The first-order chi connectivity index (χ1) is 11.4.